The summed E-state index contributed by atoms with van der Waals surface area (Å²) in [6.45, 7) is 23.7. The Morgan fingerprint density at radius 2 is 1.16 bits per heavy atom. The van der Waals surface area contributed by atoms with Gasteiger partial charge in [0.25, 0.3) is 0 Å². The van der Waals surface area contributed by atoms with Gasteiger partial charge in [0.1, 0.15) is 0 Å². The van der Waals surface area contributed by atoms with Crippen LogP contribution in [0.2, 0.25) is 0 Å². The van der Waals surface area contributed by atoms with Gasteiger partial charge in [-0.15, -0.1) is 0 Å². The summed E-state index contributed by atoms with van der Waals surface area (Å²) in [5.74, 6) is 0.671. The van der Waals surface area contributed by atoms with E-state index in [1.165, 1.54) is 73.3 Å². The molecule has 2 aliphatic rings. The second-order valence-corrected chi connectivity index (χ2v) is 15.3. The van der Waals surface area contributed by atoms with Crippen molar-refractivity contribution in [1.82, 2.24) is 0 Å². The van der Waals surface area contributed by atoms with E-state index in [9.17, 15) is 0 Å². The molecular weight excluding hydrogens is 528 g/mol. The highest BCUT2D eigenvalue weighted by Crippen LogP contribution is 2.60. The summed E-state index contributed by atoms with van der Waals surface area (Å²) in [7, 11) is 0. The number of hydrogen-bond acceptors (Lipinski definition) is 0. The zero-order valence-electron chi connectivity index (χ0n) is 28.2. The smallest absolute Gasteiger partial charge is 0.0158 e. The lowest BCUT2D eigenvalue weighted by atomic mass is 9.48. The largest absolute Gasteiger partial charge is 0.0776 e. The zero-order valence-corrected chi connectivity index (χ0v) is 28.2. The normalized spacial score (nSPS) is 22.4. The Labute approximate surface area is 267 Å². The molecule has 0 amide bonds. The Balaban J connectivity index is 0.00000126. The summed E-state index contributed by atoms with van der Waals surface area (Å²) in [5, 5.41) is 5.25. The molecule has 0 heterocycles. The van der Waals surface area contributed by atoms with Crippen LogP contribution in [0.25, 0.3) is 43.8 Å². The van der Waals surface area contributed by atoms with Crippen LogP contribution >= 0.6 is 0 Å². The monoisotopic (exact) mass is 582 g/mol. The summed E-state index contributed by atoms with van der Waals surface area (Å²) >= 11 is 0. The molecule has 0 aromatic heterocycles. The van der Waals surface area contributed by atoms with Crippen LogP contribution in [0.4, 0.5) is 0 Å². The molecule has 0 aliphatic heterocycles. The Hall–Kier alpha value is -3.38. The fourth-order valence-electron chi connectivity index (χ4n) is 8.61. The summed E-state index contributed by atoms with van der Waals surface area (Å²) in [4.78, 5) is 0. The lowest BCUT2D eigenvalue weighted by Gasteiger charge is -2.57. The standard InChI is InChI=1S/C41H44.C2H6.CH4/c1-26-24-41(8,25-38(2,3)40(26,6)7)31-17-20-37-35(23-31)34-22-29(16-19-36(34)39(37,4)5)28-15-18-33-30(21-28)14-13-27-11-9-10-12-32(27)33;1-2;/h9-23,26H,24-25H2,1-8H3;1-2H3;1H4. The molecule has 7 rings (SSSR count). The van der Waals surface area contributed by atoms with Gasteiger partial charge in [0.2, 0.25) is 0 Å². The lowest BCUT2D eigenvalue weighted by molar-refractivity contribution is -0.0380. The van der Waals surface area contributed by atoms with Gasteiger partial charge in [-0.1, -0.05) is 156 Å². The van der Waals surface area contributed by atoms with Crippen molar-refractivity contribution in [3.05, 3.63) is 108 Å². The molecule has 2 unspecified atom stereocenters. The Morgan fingerprint density at radius 1 is 0.591 bits per heavy atom. The topological polar surface area (TPSA) is 0 Å². The van der Waals surface area contributed by atoms with Crippen LogP contribution in [-0.2, 0) is 10.8 Å². The lowest BCUT2D eigenvalue weighted by Crippen LogP contribution is -2.49. The van der Waals surface area contributed by atoms with E-state index in [0.717, 1.165) is 0 Å². The third-order valence-corrected chi connectivity index (χ3v) is 12.0. The first-order valence-electron chi connectivity index (χ1n) is 16.5. The highest BCUT2D eigenvalue weighted by molar-refractivity contribution is 6.08. The Kier molecular flexibility index (Phi) is 7.94. The molecule has 0 nitrogen and oxygen atoms in total. The summed E-state index contributed by atoms with van der Waals surface area (Å²) in [6, 6.07) is 34.9. The van der Waals surface area contributed by atoms with Crippen molar-refractivity contribution >= 4 is 21.5 Å². The van der Waals surface area contributed by atoms with Crippen molar-refractivity contribution < 1.29 is 0 Å². The van der Waals surface area contributed by atoms with E-state index in [0.29, 0.717) is 11.3 Å². The van der Waals surface area contributed by atoms with E-state index in [1.807, 2.05) is 13.8 Å². The molecule has 1 fully saturated rings. The highest BCUT2D eigenvalue weighted by Gasteiger charge is 2.51. The van der Waals surface area contributed by atoms with Crippen molar-refractivity contribution in [2.45, 2.75) is 100 Å². The number of fused-ring (bicyclic) bond motifs is 6. The molecule has 5 aromatic carbocycles. The maximum absolute atomic E-state index is 2.57. The molecule has 0 bridgehead atoms. The van der Waals surface area contributed by atoms with Gasteiger partial charge in [0.05, 0.1) is 0 Å². The predicted molar refractivity (Wildman–Crippen MR) is 196 cm³/mol. The van der Waals surface area contributed by atoms with Crippen LogP contribution < -0.4 is 0 Å². The van der Waals surface area contributed by atoms with Gasteiger partial charge in [-0.2, -0.15) is 0 Å². The van der Waals surface area contributed by atoms with Crippen LogP contribution in [0, 0.1) is 16.7 Å². The maximum atomic E-state index is 2.57. The van der Waals surface area contributed by atoms with Crippen molar-refractivity contribution in [2.24, 2.45) is 16.7 Å². The summed E-state index contributed by atoms with van der Waals surface area (Å²) < 4.78 is 0. The fraction of sp³-hybridized carbons (Fsp3) is 0.409. The van der Waals surface area contributed by atoms with Crippen LogP contribution in [-0.4, -0.2) is 0 Å². The second kappa shape index (κ2) is 10.9. The zero-order chi connectivity index (χ0) is 30.9. The minimum Gasteiger partial charge on any atom is -0.0776 e. The highest BCUT2D eigenvalue weighted by atomic mass is 14.6. The van der Waals surface area contributed by atoms with E-state index in [2.05, 4.69) is 146 Å². The molecular formula is C44H54. The van der Waals surface area contributed by atoms with Gasteiger partial charge >= 0.3 is 0 Å². The Bertz CT molecular complexity index is 1850. The minimum absolute atomic E-state index is 0. The molecule has 0 heteroatoms. The Morgan fingerprint density at radius 3 is 1.86 bits per heavy atom. The molecule has 0 N–H and O–H groups in total. The van der Waals surface area contributed by atoms with Gasteiger partial charge in [0, 0.05) is 5.41 Å². The van der Waals surface area contributed by atoms with Crippen LogP contribution in [0.15, 0.2) is 91.0 Å². The summed E-state index contributed by atoms with van der Waals surface area (Å²) in [6.07, 6.45) is 2.46. The molecule has 0 radical (unpaired) electrons. The van der Waals surface area contributed by atoms with Crippen molar-refractivity contribution in [1.29, 1.82) is 0 Å². The molecule has 5 aromatic rings. The average Bonchev–Trinajstić information content (AvgIpc) is 3.22. The van der Waals surface area contributed by atoms with Crippen LogP contribution in [0.3, 0.4) is 0 Å². The second-order valence-electron chi connectivity index (χ2n) is 15.3. The van der Waals surface area contributed by atoms with E-state index in [1.54, 1.807) is 0 Å². The van der Waals surface area contributed by atoms with Gasteiger partial charge in [-0.3, -0.25) is 0 Å². The van der Waals surface area contributed by atoms with Crippen molar-refractivity contribution in [2.75, 3.05) is 0 Å². The van der Waals surface area contributed by atoms with Gasteiger partial charge in [0.15, 0.2) is 0 Å². The SMILES string of the molecule is C.CC.CC1CC(C)(c2ccc3c(c2)-c2cc(-c4ccc5c(ccc6ccccc65)c4)ccc2C3(C)C)CC(C)(C)C1(C)C. The minimum atomic E-state index is 0. The molecule has 2 atom stereocenters. The average molecular weight is 583 g/mol. The van der Waals surface area contributed by atoms with E-state index in [4.69, 9.17) is 0 Å². The maximum Gasteiger partial charge on any atom is 0.0158 e. The third kappa shape index (κ3) is 4.72. The van der Waals surface area contributed by atoms with Crippen molar-refractivity contribution in [3.8, 4) is 22.3 Å². The molecule has 230 valence electrons. The van der Waals surface area contributed by atoms with E-state index < -0.39 is 0 Å². The van der Waals surface area contributed by atoms with E-state index in [-0.39, 0.29) is 23.7 Å². The number of benzene rings is 5. The van der Waals surface area contributed by atoms with Crippen LogP contribution in [0.1, 0.15) is 106 Å². The number of rotatable bonds is 2. The van der Waals surface area contributed by atoms with Gasteiger partial charge < -0.3 is 0 Å². The van der Waals surface area contributed by atoms with Crippen LogP contribution in [0.5, 0.6) is 0 Å². The first kappa shape index (κ1) is 32.0. The third-order valence-electron chi connectivity index (χ3n) is 12.0. The fourth-order valence-corrected chi connectivity index (χ4v) is 8.61. The van der Waals surface area contributed by atoms with Crippen molar-refractivity contribution in [3.63, 3.8) is 0 Å². The first-order valence-corrected chi connectivity index (χ1v) is 16.5. The van der Waals surface area contributed by atoms with Gasteiger partial charge in [-0.25, -0.2) is 0 Å². The molecule has 1 saturated carbocycles. The van der Waals surface area contributed by atoms with Gasteiger partial charge in [-0.05, 0) is 108 Å². The molecule has 0 spiro atoms. The summed E-state index contributed by atoms with van der Waals surface area (Å²) in [5.41, 5.74) is 10.7. The molecule has 2 aliphatic carbocycles. The number of hydrogen-bond donors (Lipinski definition) is 0. The molecule has 0 saturated heterocycles. The quantitative estimate of drug-likeness (QED) is 0.182. The first-order chi connectivity index (χ1) is 20.3. The van der Waals surface area contributed by atoms with E-state index >= 15 is 0 Å². The predicted octanol–water partition coefficient (Wildman–Crippen LogP) is 13.4. The molecule has 44 heavy (non-hydrogen) atoms.